The van der Waals surface area contributed by atoms with E-state index in [1.54, 1.807) is 19.1 Å². The lowest BCUT2D eigenvalue weighted by molar-refractivity contribution is -0.143. The molecular formula is C24H24ClNO5S. The zero-order valence-electron chi connectivity index (χ0n) is 18.1. The minimum atomic E-state index is -0.555. The standard InChI is InChI=1S/C24H24ClNO5S/c1-4-16-9-21-19(11-20(16)25)17(10-23(28)31-21)12-30-24(29)15(3)32-13-22(27)26-18-7-5-14(2)6-8-18/h5-11,15H,4,12-13H2,1-3H3,(H,26,27)/t15-/m1/s1. The van der Waals surface area contributed by atoms with E-state index in [1.807, 2.05) is 38.1 Å². The Labute approximate surface area is 195 Å². The van der Waals surface area contributed by atoms with Crippen LogP contribution in [-0.4, -0.2) is 22.9 Å². The molecule has 1 atom stereocenters. The highest BCUT2D eigenvalue weighted by atomic mass is 35.5. The maximum absolute atomic E-state index is 12.4. The Kier molecular flexibility index (Phi) is 7.99. The van der Waals surface area contributed by atoms with Crippen LogP contribution in [0.1, 0.15) is 30.5 Å². The molecule has 1 amide bonds. The molecule has 0 saturated carbocycles. The number of thioether (sulfide) groups is 1. The van der Waals surface area contributed by atoms with E-state index in [4.69, 9.17) is 20.8 Å². The summed E-state index contributed by atoms with van der Waals surface area (Å²) in [6, 6.07) is 12.2. The van der Waals surface area contributed by atoms with E-state index < -0.39 is 16.8 Å². The molecule has 0 saturated heterocycles. The molecule has 0 aliphatic carbocycles. The molecule has 0 aliphatic heterocycles. The summed E-state index contributed by atoms with van der Waals surface area (Å²) < 4.78 is 10.7. The highest BCUT2D eigenvalue weighted by Crippen LogP contribution is 2.27. The molecule has 3 aromatic rings. The van der Waals surface area contributed by atoms with Crippen LogP contribution in [0.3, 0.4) is 0 Å². The molecule has 3 rings (SSSR count). The third kappa shape index (κ3) is 6.14. The highest BCUT2D eigenvalue weighted by Gasteiger charge is 2.18. The minimum absolute atomic E-state index is 0.0941. The second kappa shape index (κ2) is 10.7. The number of benzene rings is 2. The second-order valence-corrected chi connectivity index (χ2v) is 9.10. The van der Waals surface area contributed by atoms with Crippen molar-refractivity contribution >= 4 is 51.9 Å². The fourth-order valence-electron chi connectivity index (χ4n) is 3.05. The van der Waals surface area contributed by atoms with Gasteiger partial charge in [-0.25, -0.2) is 4.79 Å². The van der Waals surface area contributed by atoms with Crippen LogP contribution in [0.5, 0.6) is 0 Å². The molecule has 0 bridgehead atoms. The minimum Gasteiger partial charge on any atom is -0.460 e. The SMILES string of the molecule is CCc1cc2oc(=O)cc(COC(=O)[C@@H](C)SCC(=O)Nc3ccc(C)cc3)c2cc1Cl. The largest absolute Gasteiger partial charge is 0.460 e. The van der Waals surface area contributed by atoms with Crippen molar-refractivity contribution in [2.75, 3.05) is 11.1 Å². The van der Waals surface area contributed by atoms with Gasteiger partial charge in [0.1, 0.15) is 17.4 Å². The molecule has 32 heavy (non-hydrogen) atoms. The van der Waals surface area contributed by atoms with Gasteiger partial charge in [-0.05, 0) is 50.1 Å². The maximum atomic E-state index is 12.4. The number of rotatable bonds is 8. The molecule has 0 radical (unpaired) electrons. The quantitative estimate of drug-likeness (QED) is 0.361. The van der Waals surface area contributed by atoms with Crippen LogP contribution < -0.4 is 10.9 Å². The Morgan fingerprint density at radius 2 is 1.88 bits per heavy atom. The number of hydrogen-bond donors (Lipinski definition) is 1. The summed E-state index contributed by atoms with van der Waals surface area (Å²) in [6.07, 6.45) is 0.698. The van der Waals surface area contributed by atoms with Crippen LogP contribution in [-0.2, 0) is 27.4 Å². The van der Waals surface area contributed by atoms with Gasteiger partial charge in [0.05, 0.1) is 5.75 Å². The van der Waals surface area contributed by atoms with Crippen molar-refractivity contribution in [1.29, 1.82) is 0 Å². The molecule has 6 nitrogen and oxygen atoms in total. The Balaban J connectivity index is 1.58. The number of ether oxygens (including phenoxy) is 1. The van der Waals surface area contributed by atoms with Crippen LogP contribution in [0.25, 0.3) is 11.0 Å². The number of carbonyl (C=O) groups is 2. The van der Waals surface area contributed by atoms with Crippen molar-refractivity contribution in [3.05, 3.63) is 74.6 Å². The number of fused-ring (bicyclic) bond motifs is 1. The number of aryl methyl sites for hydroxylation is 2. The van der Waals surface area contributed by atoms with E-state index in [2.05, 4.69) is 5.32 Å². The van der Waals surface area contributed by atoms with Gasteiger partial charge in [0, 0.05) is 27.7 Å². The first-order chi connectivity index (χ1) is 15.3. The van der Waals surface area contributed by atoms with Gasteiger partial charge >= 0.3 is 11.6 Å². The summed E-state index contributed by atoms with van der Waals surface area (Å²) in [5, 5.41) is 3.42. The number of hydrogen-bond acceptors (Lipinski definition) is 6. The van der Waals surface area contributed by atoms with Crippen molar-refractivity contribution in [2.45, 2.75) is 39.0 Å². The van der Waals surface area contributed by atoms with Gasteiger partial charge in [-0.1, -0.05) is 36.2 Å². The molecule has 0 unspecified atom stereocenters. The summed E-state index contributed by atoms with van der Waals surface area (Å²) in [7, 11) is 0. The van der Waals surface area contributed by atoms with Gasteiger partial charge in [0.25, 0.3) is 0 Å². The molecule has 168 valence electrons. The van der Waals surface area contributed by atoms with E-state index in [-0.39, 0.29) is 18.3 Å². The number of nitrogens with one attached hydrogen (secondary N) is 1. The predicted octanol–water partition coefficient (Wildman–Crippen LogP) is 5.12. The Bertz CT molecular complexity index is 1190. The van der Waals surface area contributed by atoms with Gasteiger partial charge in [-0.15, -0.1) is 11.8 Å². The Morgan fingerprint density at radius 1 is 1.16 bits per heavy atom. The first-order valence-corrected chi connectivity index (χ1v) is 11.6. The molecule has 8 heteroatoms. The van der Waals surface area contributed by atoms with Crippen molar-refractivity contribution in [3.8, 4) is 0 Å². The van der Waals surface area contributed by atoms with Crippen LogP contribution in [0.4, 0.5) is 5.69 Å². The Morgan fingerprint density at radius 3 is 2.56 bits per heavy atom. The average Bonchev–Trinajstić information content (AvgIpc) is 2.77. The van der Waals surface area contributed by atoms with Gasteiger partial charge in [-0.3, -0.25) is 9.59 Å². The van der Waals surface area contributed by atoms with Gasteiger partial charge in [-0.2, -0.15) is 0 Å². The van der Waals surface area contributed by atoms with Crippen LogP contribution in [0.2, 0.25) is 5.02 Å². The van der Waals surface area contributed by atoms with Crippen molar-refractivity contribution < 1.29 is 18.7 Å². The summed E-state index contributed by atoms with van der Waals surface area (Å²) in [4.78, 5) is 36.5. The highest BCUT2D eigenvalue weighted by molar-refractivity contribution is 8.01. The van der Waals surface area contributed by atoms with Crippen molar-refractivity contribution in [2.24, 2.45) is 0 Å². The lowest BCUT2D eigenvalue weighted by Crippen LogP contribution is -2.21. The zero-order chi connectivity index (χ0) is 23.3. The van der Waals surface area contributed by atoms with Gasteiger partial charge in [0.15, 0.2) is 0 Å². The molecule has 0 aliphatic rings. The van der Waals surface area contributed by atoms with Gasteiger partial charge < -0.3 is 14.5 Å². The first-order valence-electron chi connectivity index (χ1n) is 10.2. The molecular weight excluding hydrogens is 450 g/mol. The number of carbonyl (C=O) groups excluding carboxylic acids is 2. The lowest BCUT2D eigenvalue weighted by Gasteiger charge is -2.13. The zero-order valence-corrected chi connectivity index (χ0v) is 19.6. The summed E-state index contributed by atoms with van der Waals surface area (Å²) in [5.74, 6) is -0.570. The molecule has 0 spiro atoms. The van der Waals surface area contributed by atoms with E-state index >= 15 is 0 Å². The summed E-state index contributed by atoms with van der Waals surface area (Å²) in [5.41, 5.74) is 3.07. The summed E-state index contributed by atoms with van der Waals surface area (Å²) in [6.45, 7) is 5.50. The molecule has 1 heterocycles. The molecule has 1 N–H and O–H groups in total. The summed E-state index contributed by atoms with van der Waals surface area (Å²) >= 11 is 7.47. The van der Waals surface area contributed by atoms with E-state index in [9.17, 15) is 14.4 Å². The first kappa shape index (κ1) is 23.9. The smallest absolute Gasteiger partial charge is 0.336 e. The third-order valence-electron chi connectivity index (χ3n) is 4.88. The number of halogens is 1. The second-order valence-electron chi connectivity index (χ2n) is 7.36. The number of amides is 1. The average molecular weight is 474 g/mol. The van der Waals surface area contributed by atoms with Crippen molar-refractivity contribution in [1.82, 2.24) is 0 Å². The van der Waals surface area contributed by atoms with Crippen LogP contribution >= 0.6 is 23.4 Å². The fourth-order valence-corrected chi connectivity index (χ4v) is 4.02. The Hall–Kier alpha value is -2.77. The van der Waals surface area contributed by atoms with Crippen LogP contribution in [0, 0.1) is 6.92 Å². The van der Waals surface area contributed by atoms with Crippen LogP contribution in [0.15, 0.2) is 51.7 Å². The predicted molar refractivity (Wildman–Crippen MR) is 128 cm³/mol. The normalized spacial score (nSPS) is 11.9. The lowest BCUT2D eigenvalue weighted by atomic mass is 10.1. The number of anilines is 1. The van der Waals surface area contributed by atoms with E-state index in [0.29, 0.717) is 33.7 Å². The topological polar surface area (TPSA) is 85.6 Å². The van der Waals surface area contributed by atoms with E-state index in [1.165, 1.54) is 17.8 Å². The fraction of sp³-hybridized carbons (Fsp3) is 0.292. The van der Waals surface area contributed by atoms with Crippen molar-refractivity contribution in [3.63, 3.8) is 0 Å². The third-order valence-corrected chi connectivity index (χ3v) is 6.35. The number of esters is 1. The monoisotopic (exact) mass is 473 g/mol. The maximum Gasteiger partial charge on any atom is 0.336 e. The van der Waals surface area contributed by atoms with E-state index in [0.717, 1.165) is 11.1 Å². The molecule has 2 aromatic carbocycles. The molecule has 1 aromatic heterocycles. The van der Waals surface area contributed by atoms with Gasteiger partial charge in [0.2, 0.25) is 5.91 Å². The molecule has 0 fully saturated rings.